The first-order valence-electron chi connectivity index (χ1n) is 9.25. The van der Waals surface area contributed by atoms with Crippen LogP contribution in [-0.2, 0) is 17.8 Å². The number of carbonyl (C=O) groups excluding carboxylic acids is 2. The van der Waals surface area contributed by atoms with Crippen LogP contribution in [0.1, 0.15) is 38.8 Å². The summed E-state index contributed by atoms with van der Waals surface area (Å²) in [5, 5.41) is 6.30. The van der Waals surface area contributed by atoms with Crippen LogP contribution in [0.3, 0.4) is 0 Å². The van der Waals surface area contributed by atoms with E-state index in [1.54, 1.807) is 43.8 Å². The molecule has 8 heteroatoms. The quantitative estimate of drug-likeness (QED) is 0.654. The predicted molar refractivity (Wildman–Crippen MR) is 110 cm³/mol. The van der Waals surface area contributed by atoms with E-state index in [2.05, 4.69) is 20.6 Å². The molecule has 148 valence electrons. The molecule has 2 N–H and O–H groups in total. The maximum Gasteiger partial charge on any atom is 0.257 e. The number of aromatic nitrogens is 2. The smallest absolute Gasteiger partial charge is 0.257 e. The van der Waals surface area contributed by atoms with Crippen LogP contribution in [0.5, 0.6) is 5.75 Å². The van der Waals surface area contributed by atoms with Gasteiger partial charge in [0.25, 0.3) is 5.91 Å². The van der Waals surface area contributed by atoms with E-state index in [4.69, 9.17) is 4.74 Å². The number of aryl methyl sites for hydroxylation is 1. The summed E-state index contributed by atoms with van der Waals surface area (Å²) in [7, 11) is 1.58. The van der Waals surface area contributed by atoms with Crippen LogP contribution in [-0.4, -0.2) is 28.9 Å². The molecular formula is C21H20N4O3S. The third-order valence-electron chi connectivity index (χ3n) is 4.80. The minimum absolute atomic E-state index is 0.0501. The van der Waals surface area contributed by atoms with Crippen molar-refractivity contribution in [1.29, 1.82) is 0 Å². The second-order valence-corrected chi connectivity index (χ2v) is 7.76. The normalized spacial score (nSPS) is 14.9. The molecule has 0 bridgehead atoms. The number of ether oxygens (including phenoxy) is 1. The summed E-state index contributed by atoms with van der Waals surface area (Å²) < 4.78 is 5.11. The zero-order valence-electron chi connectivity index (χ0n) is 15.8. The van der Waals surface area contributed by atoms with Crippen molar-refractivity contribution < 1.29 is 14.3 Å². The number of pyridine rings is 1. The Morgan fingerprint density at radius 3 is 2.79 bits per heavy atom. The lowest BCUT2D eigenvalue weighted by molar-refractivity contribution is -0.122. The van der Waals surface area contributed by atoms with Crippen LogP contribution in [0.25, 0.3) is 0 Å². The van der Waals surface area contributed by atoms with Gasteiger partial charge < -0.3 is 10.1 Å². The van der Waals surface area contributed by atoms with Crippen molar-refractivity contribution in [2.75, 3.05) is 12.4 Å². The van der Waals surface area contributed by atoms with Crippen LogP contribution < -0.4 is 15.4 Å². The van der Waals surface area contributed by atoms with E-state index in [9.17, 15) is 9.59 Å². The number of methoxy groups -OCH3 is 1. The van der Waals surface area contributed by atoms with Crippen molar-refractivity contribution in [3.05, 3.63) is 70.5 Å². The van der Waals surface area contributed by atoms with Gasteiger partial charge in [-0.15, -0.1) is 11.3 Å². The number of carbonyl (C=O) groups is 2. The Hall–Kier alpha value is -3.26. The third kappa shape index (κ3) is 4.27. The highest BCUT2D eigenvalue weighted by Gasteiger charge is 2.32. The van der Waals surface area contributed by atoms with E-state index in [1.807, 2.05) is 12.1 Å². The van der Waals surface area contributed by atoms with Gasteiger partial charge in [-0.05, 0) is 48.7 Å². The summed E-state index contributed by atoms with van der Waals surface area (Å²) in [6.45, 7) is 0.434. The van der Waals surface area contributed by atoms with E-state index in [0.29, 0.717) is 23.0 Å². The number of amides is 2. The molecule has 1 aliphatic carbocycles. The number of hydrogen-bond donors (Lipinski definition) is 2. The highest BCUT2D eigenvalue weighted by molar-refractivity contribution is 7.16. The summed E-state index contributed by atoms with van der Waals surface area (Å²) in [4.78, 5) is 34.7. The van der Waals surface area contributed by atoms with Gasteiger partial charge in [0.15, 0.2) is 5.13 Å². The first kappa shape index (κ1) is 19.1. The van der Waals surface area contributed by atoms with E-state index < -0.39 is 0 Å². The molecule has 2 heterocycles. The van der Waals surface area contributed by atoms with Gasteiger partial charge in [0.2, 0.25) is 5.91 Å². The molecule has 1 atom stereocenters. The van der Waals surface area contributed by atoms with Gasteiger partial charge in [-0.1, -0.05) is 6.07 Å². The zero-order valence-corrected chi connectivity index (χ0v) is 16.7. The number of rotatable bonds is 6. The molecule has 0 saturated carbocycles. The molecule has 0 unspecified atom stereocenters. The lowest BCUT2D eigenvalue weighted by atomic mass is 10.1. The number of fused-ring (bicyclic) bond motifs is 1. The molecule has 0 aliphatic heterocycles. The summed E-state index contributed by atoms with van der Waals surface area (Å²) >= 11 is 1.43. The fourth-order valence-electron chi connectivity index (χ4n) is 3.26. The Morgan fingerprint density at radius 2 is 2.07 bits per heavy atom. The van der Waals surface area contributed by atoms with Gasteiger partial charge >= 0.3 is 0 Å². The van der Waals surface area contributed by atoms with E-state index >= 15 is 0 Å². The van der Waals surface area contributed by atoms with Gasteiger partial charge in [0, 0.05) is 29.4 Å². The average Bonchev–Trinajstić information content (AvgIpc) is 3.33. The zero-order chi connectivity index (χ0) is 20.2. The summed E-state index contributed by atoms with van der Waals surface area (Å²) in [6, 6.07) is 10.6. The number of hydrogen-bond acceptors (Lipinski definition) is 6. The first-order valence-corrected chi connectivity index (χ1v) is 10.1. The largest absolute Gasteiger partial charge is 0.497 e. The Bertz CT molecular complexity index is 1020. The van der Waals surface area contributed by atoms with Gasteiger partial charge in [0.05, 0.1) is 18.7 Å². The van der Waals surface area contributed by atoms with Crippen molar-refractivity contribution in [3.63, 3.8) is 0 Å². The van der Waals surface area contributed by atoms with Crippen LogP contribution in [0.15, 0.2) is 48.8 Å². The van der Waals surface area contributed by atoms with Gasteiger partial charge in [-0.2, -0.15) is 0 Å². The Balaban J connectivity index is 1.40. The Labute approximate surface area is 172 Å². The van der Waals surface area contributed by atoms with E-state index in [-0.39, 0.29) is 17.7 Å². The van der Waals surface area contributed by atoms with Gasteiger partial charge in [-0.3, -0.25) is 19.9 Å². The molecule has 3 aromatic rings. The third-order valence-corrected chi connectivity index (χ3v) is 5.84. The first-order chi connectivity index (χ1) is 14.1. The molecule has 1 aliphatic rings. The molecule has 1 aromatic carbocycles. The number of anilines is 1. The van der Waals surface area contributed by atoms with Crippen molar-refractivity contribution in [2.24, 2.45) is 0 Å². The van der Waals surface area contributed by atoms with Crippen LogP contribution in [0, 0.1) is 0 Å². The number of nitrogens with one attached hydrogen (secondary N) is 2. The van der Waals surface area contributed by atoms with Crippen LogP contribution in [0.2, 0.25) is 0 Å². The molecule has 29 heavy (non-hydrogen) atoms. The van der Waals surface area contributed by atoms with E-state index in [1.165, 1.54) is 11.3 Å². The molecule has 7 nitrogen and oxygen atoms in total. The minimum atomic E-state index is -0.287. The van der Waals surface area contributed by atoms with Crippen molar-refractivity contribution in [3.8, 4) is 5.75 Å². The molecule has 0 fully saturated rings. The second-order valence-electron chi connectivity index (χ2n) is 6.68. The van der Waals surface area contributed by atoms with Crippen molar-refractivity contribution in [2.45, 2.75) is 25.3 Å². The fourth-order valence-corrected chi connectivity index (χ4v) is 4.30. The average molecular weight is 408 g/mol. The standard InChI is InChI=1S/C21H20N4O3S/c1-28-15-6-4-14(5-7-15)19(26)25-21-24-18-16(8-9-17(18)29-21)20(27)23-12-13-3-2-10-22-11-13/h2-7,10-11,16H,8-9,12H2,1H3,(H,23,27)(H,24,25,26)/t16-/m1/s1. The Kier molecular flexibility index (Phi) is 5.53. The number of thiazole rings is 1. The minimum Gasteiger partial charge on any atom is -0.497 e. The summed E-state index contributed by atoms with van der Waals surface area (Å²) in [6.07, 6.45) is 4.96. The summed E-state index contributed by atoms with van der Waals surface area (Å²) in [5.41, 5.74) is 2.24. The molecule has 2 amide bonds. The molecule has 2 aromatic heterocycles. The van der Waals surface area contributed by atoms with E-state index in [0.717, 1.165) is 29.0 Å². The second kappa shape index (κ2) is 8.40. The molecule has 0 saturated heterocycles. The molecule has 0 radical (unpaired) electrons. The number of nitrogens with zero attached hydrogens (tertiary/aromatic N) is 2. The highest BCUT2D eigenvalue weighted by Crippen LogP contribution is 2.38. The molecule has 0 spiro atoms. The van der Waals surface area contributed by atoms with Crippen molar-refractivity contribution >= 4 is 28.3 Å². The summed E-state index contributed by atoms with van der Waals surface area (Å²) in [5.74, 6) is 0.114. The molecular weight excluding hydrogens is 388 g/mol. The maximum absolute atomic E-state index is 12.6. The fraction of sp³-hybridized carbons (Fsp3) is 0.238. The topological polar surface area (TPSA) is 93.2 Å². The number of benzene rings is 1. The van der Waals surface area contributed by atoms with Crippen molar-refractivity contribution in [1.82, 2.24) is 15.3 Å². The monoisotopic (exact) mass is 408 g/mol. The highest BCUT2D eigenvalue weighted by atomic mass is 32.1. The van der Waals surface area contributed by atoms with Gasteiger partial charge in [0.1, 0.15) is 5.75 Å². The predicted octanol–water partition coefficient (Wildman–Crippen LogP) is 3.15. The van der Waals surface area contributed by atoms with Crippen LogP contribution >= 0.6 is 11.3 Å². The molecule has 4 rings (SSSR count). The van der Waals surface area contributed by atoms with Gasteiger partial charge in [-0.25, -0.2) is 4.98 Å². The maximum atomic E-state index is 12.6. The lowest BCUT2D eigenvalue weighted by Crippen LogP contribution is -2.28. The SMILES string of the molecule is COc1ccc(C(=O)Nc2nc3c(s2)CC[C@H]3C(=O)NCc2cccnc2)cc1. The Morgan fingerprint density at radius 1 is 1.24 bits per heavy atom. The lowest BCUT2D eigenvalue weighted by Gasteiger charge is -2.10. The van der Waals surface area contributed by atoms with Crippen LogP contribution in [0.4, 0.5) is 5.13 Å².